The summed E-state index contributed by atoms with van der Waals surface area (Å²) in [6, 6.07) is 0. The van der Waals surface area contributed by atoms with Crippen molar-refractivity contribution in [2.24, 2.45) is 11.8 Å². The van der Waals surface area contributed by atoms with E-state index < -0.39 is 0 Å². The average molecular weight is 252 g/mol. The van der Waals surface area contributed by atoms with E-state index in [1.165, 1.54) is 17.1 Å². The van der Waals surface area contributed by atoms with Crippen molar-refractivity contribution in [2.45, 2.75) is 38.8 Å². The predicted octanol–water partition coefficient (Wildman–Crippen LogP) is 1.91. The van der Waals surface area contributed by atoms with E-state index in [1.807, 2.05) is 0 Å². The number of rotatable bonds is 3. The van der Waals surface area contributed by atoms with E-state index >= 15 is 0 Å². The Labute approximate surface area is 106 Å². The quantitative estimate of drug-likeness (QED) is 0.892. The Morgan fingerprint density at radius 3 is 3.06 bits per heavy atom. The van der Waals surface area contributed by atoms with Gasteiger partial charge in [-0.3, -0.25) is 4.90 Å². The molecule has 3 rings (SSSR count). The third-order valence-corrected chi connectivity index (χ3v) is 5.22. The second-order valence-electron chi connectivity index (χ2n) is 5.35. The summed E-state index contributed by atoms with van der Waals surface area (Å²) in [5.74, 6) is 1.26. The van der Waals surface area contributed by atoms with Gasteiger partial charge in [0, 0.05) is 30.9 Å². The van der Waals surface area contributed by atoms with Crippen LogP contribution in [0.25, 0.3) is 0 Å². The fourth-order valence-electron chi connectivity index (χ4n) is 3.27. The molecule has 3 atom stereocenters. The van der Waals surface area contributed by atoms with E-state index in [4.69, 9.17) is 0 Å². The fraction of sp³-hybridized carbons (Fsp3) is 0.769. The smallest absolute Gasteiger partial charge is 0.0926 e. The molecule has 2 fully saturated rings. The summed E-state index contributed by atoms with van der Waals surface area (Å²) in [6.45, 7) is 5.33. The summed E-state index contributed by atoms with van der Waals surface area (Å²) in [5.41, 5.74) is 1.21. The Hall–Kier alpha value is -0.450. The lowest BCUT2D eigenvalue weighted by Crippen LogP contribution is -2.24. The zero-order chi connectivity index (χ0) is 11.8. The van der Waals surface area contributed by atoms with Crippen LogP contribution in [0.15, 0.2) is 5.38 Å². The van der Waals surface area contributed by atoms with Gasteiger partial charge in [0.15, 0.2) is 0 Å². The van der Waals surface area contributed by atoms with E-state index in [0.29, 0.717) is 5.92 Å². The van der Waals surface area contributed by atoms with E-state index in [0.717, 1.165) is 38.4 Å². The summed E-state index contributed by atoms with van der Waals surface area (Å²) in [5, 5.41) is 13.3. The molecule has 0 amide bonds. The van der Waals surface area contributed by atoms with Gasteiger partial charge in [-0.15, -0.1) is 11.3 Å². The maximum atomic E-state index is 9.89. The van der Waals surface area contributed by atoms with Crippen molar-refractivity contribution in [2.75, 3.05) is 13.1 Å². The van der Waals surface area contributed by atoms with Crippen molar-refractivity contribution in [1.82, 2.24) is 9.88 Å². The molecular weight excluding hydrogens is 232 g/mol. The molecule has 0 spiro atoms. The van der Waals surface area contributed by atoms with Gasteiger partial charge in [0.1, 0.15) is 0 Å². The zero-order valence-corrected chi connectivity index (χ0v) is 11.1. The molecule has 3 nitrogen and oxygen atoms in total. The molecule has 1 N–H and O–H groups in total. The molecule has 1 aromatic heterocycles. The van der Waals surface area contributed by atoms with Crippen LogP contribution < -0.4 is 0 Å². The number of thiazole rings is 1. The Kier molecular flexibility index (Phi) is 3.19. The van der Waals surface area contributed by atoms with Crippen LogP contribution >= 0.6 is 11.3 Å². The molecule has 1 aliphatic carbocycles. The molecule has 1 saturated heterocycles. The highest BCUT2D eigenvalue weighted by Gasteiger charge is 2.41. The minimum atomic E-state index is -0.0494. The monoisotopic (exact) mass is 252 g/mol. The van der Waals surface area contributed by atoms with Crippen LogP contribution in [0.4, 0.5) is 0 Å². The second kappa shape index (κ2) is 4.67. The number of aliphatic hydroxyl groups excluding tert-OH is 1. The number of aromatic nitrogens is 1. The molecule has 1 aliphatic heterocycles. The number of aryl methyl sites for hydroxylation is 1. The molecule has 2 heterocycles. The zero-order valence-electron chi connectivity index (χ0n) is 10.3. The van der Waals surface area contributed by atoms with Crippen LogP contribution in [0.3, 0.4) is 0 Å². The van der Waals surface area contributed by atoms with Crippen LogP contribution in [0.2, 0.25) is 0 Å². The van der Waals surface area contributed by atoms with Gasteiger partial charge in [-0.2, -0.15) is 0 Å². The molecular formula is C13H20N2OS. The van der Waals surface area contributed by atoms with Crippen molar-refractivity contribution >= 4 is 11.3 Å². The first-order valence-electron chi connectivity index (χ1n) is 6.60. The minimum absolute atomic E-state index is 0.0494. The first-order chi connectivity index (χ1) is 8.26. The lowest BCUT2D eigenvalue weighted by atomic mass is 10.00. The number of nitrogens with zero attached hydrogens (tertiary/aromatic N) is 2. The minimum Gasteiger partial charge on any atom is -0.393 e. The van der Waals surface area contributed by atoms with Crippen LogP contribution in [0.1, 0.15) is 30.5 Å². The Morgan fingerprint density at radius 1 is 1.47 bits per heavy atom. The fourth-order valence-corrected chi connectivity index (χ4v) is 4.01. The van der Waals surface area contributed by atoms with E-state index in [1.54, 1.807) is 11.3 Å². The third-order valence-electron chi connectivity index (χ3n) is 4.18. The first kappa shape index (κ1) is 11.6. The Morgan fingerprint density at radius 2 is 2.35 bits per heavy atom. The molecule has 17 heavy (non-hydrogen) atoms. The van der Waals surface area contributed by atoms with Crippen LogP contribution in [-0.2, 0) is 13.0 Å². The van der Waals surface area contributed by atoms with Gasteiger partial charge in [-0.05, 0) is 25.2 Å². The number of fused-ring (bicyclic) bond motifs is 1. The average Bonchev–Trinajstić information content (AvgIpc) is 2.98. The number of likely N-dealkylation sites (tertiary alicyclic amines) is 1. The number of hydrogen-bond donors (Lipinski definition) is 1. The summed E-state index contributed by atoms with van der Waals surface area (Å²) in [6.07, 6.45) is 3.21. The Bertz CT molecular complexity index is 393. The van der Waals surface area contributed by atoms with Gasteiger partial charge in [0.2, 0.25) is 0 Å². The maximum absolute atomic E-state index is 9.89. The molecule has 94 valence electrons. The molecule has 0 radical (unpaired) electrons. The molecule has 1 aromatic rings. The lowest BCUT2D eigenvalue weighted by Gasteiger charge is -2.16. The summed E-state index contributed by atoms with van der Waals surface area (Å²) < 4.78 is 0. The molecule has 4 heteroatoms. The molecule has 1 saturated carbocycles. The predicted molar refractivity (Wildman–Crippen MR) is 69.0 cm³/mol. The van der Waals surface area contributed by atoms with Crippen molar-refractivity contribution in [3.8, 4) is 0 Å². The van der Waals surface area contributed by atoms with Crippen molar-refractivity contribution < 1.29 is 5.11 Å². The number of aliphatic hydroxyl groups is 1. The highest BCUT2D eigenvalue weighted by molar-refractivity contribution is 7.09. The van der Waals surface area contributed by atoms with E-state index in [-0.39, 0.29) is 6.10 Å². The Balaban J connectivity index is 1.60. The lowest BCUT2D eigenvalue weighted by molar-refractivity contribution is 0.123. The standard InChI is InChI=1S/C13H20N2OS/c1-2-13-14-10(8-17-13)6-15-5-9-3-4-12(16)11(9)7-15/h8-9,11-12,16H,2-7H2,1H3. The van der Waals surface area contributed by atoms with Gasteiger partial charge in [0.05, 0.1) is 16.8 Å². The van der Waals surface area contributed by atoms with Gasteiger partial charge >= 0.3 is 0 Å². The SMILES string of the molecule is CCc1nc(CN2CC3CCC(O)C3C2)cs1. The van der Waals surface area contributed by atoms with Crippen LogP contribution in [0.5, 0.6) is 0 Å². The summed E-state index contributed by atoms with van der Waals surface area (Å²) in [7, 11) is 0. The first-order valence-corrected chi connectivity index (χ1v) is 7.48. The van der Waals surface area contributed by atoms with Gasteiger partial charge in [0.25, 0.3) is 0 Å². The van der Waals surface area contributed by atoms with Crippen molar-refractivity contribution in [3.63, 3.8) is 0 Å². The van der Waals surface area contributed by atoms with Gasteiger partial charge in [-0.1, -0.05) is 6.92 Å². The van der Waals surface area contributed by atoms with Gasteiger partial charge < -0.3 is 5.11 Å². The van der Waals surface area contributed by atoms with Crippen LogP contribution in [0, 0.1) is 11.8 Å². The molecule has 3 unspecified atom stereocenters. The highest BCUT2D eigenvalue weighted by atomic mass is 32.1. The third kappa shape index (κ3) is 2.26. The van der Waals surface area contributed by atoms with Gasteiger partial charge in [-0.25, -0.2) is 4.98 Å². The largest absolute Gasteiger partial charge is 0.393 e. The highest BCUT2D eigenvalue weighted by Crippen LogP contribution is 2.38. The van der Waals surface area contributed by atoms with E-state index in [2.05, 4.69) is 22.2 Å². The molecule has 0 bridgehead atoms. The summed E-state index contributed by atoms with van der Waals surface area (Å²) in [4.78, 5) is 7.08. The van der Waals surface area contributed by atoms with Crippen LogP contribution in [-0.4, -0.2) is 34.2 Å². The molecule has 2 aliphatic rings. The normalized spacial score (nSPS) is 33.2. The number of hydrogen-bond acceptors (Lipinski definition) is 4. The second-order valence-corrected chi connectivity index (χ2v) is 6.29. The summed E-state index contributed by atoms with van der Waals surface area (Å²) >= 11 is 1.77. The topological polar surface area (TPSA) is 36.4 Å². The van der Waals surface area contributed by atoms with E-state index in [9.17, 15) is 5.11 Å². The van der Waals surface area contributed by atoms with Crippen molar-refractivity contribution in [1.29, 1.82) is 0 Å². The van der Waals surface area contributed by atoms with Crippen molar-refractivity contribution in [3.05, 3.63) is 16.1 Å². The maximum Gasteiger partial charge on any atom is 0.0926 e. The molecule has 0 aromatic carbocycles.